The fourth-order valence-electron chi connectivity index (χ4n) is 4.65. The van der Waals surface area contributed by atoms with E-state index in [1.807, 2.05) is 0 Å². The van der Waals surface area contributed by atoms with Crippen molar-refractivity contribution < 1.29 is 19.1 Å². The van der Waals surface area contributed by atoms with Crippen molar-refractivity contribution in [1.82, 2.24) is 15.2 Å². The molecule has 3 rings (SSSR count). The topological polar surface area (TPSA) is 91.5 Å². The van der Waals surface area contributed by atoms with Gasteiger partial charge < -0.3 is 19.9 Å². The predicted molar refractivity (Wildman–Crippen MR) is 110 cm³/mol. The van der Waals surface area contributed by atoms with Crippen molar-refractivity contribution in [3.8, 4) is 0 Å². The summed E-state index contributed by atoms with van der Waals surface area (Å²) >= 11 is 0. The monoisotopic (exact) mass is 403 g/mol. The molecule has 1 aliphatic heterocycles. The first-order valence-electron chi connectivity index (χ1n) is 10.8. The van der Waals surface area contributed by atoms with E-state index in [2.05, 4.69) is 10.3 Å². The summed E-state index contributed by atoms with van der Waals surface area (Å²) in [4.78, 5) is 42.7. The Labute approximate surface area is 172 Å². The number of carbonyl (C=O) groups is 3. The fourth-order valence-corrected chi connectivity index (χ4v) is 4.65. The molecule has 2 amide bonds. The molecule has 7 nitrogen and oxygen atoms in total. The Morgan fingerprint density at radius 2 is 1.72 bits per heavy atom. The minimum atomic E-state index is -0.449. The number of methoxy groups -OCH3 is 1. The van der Waals surface area contributed by atoms with Gasteiger partial charge in [0.1, 0.15) is 5.69 Å². The molecule has 2 heterocycles. The zero-order valence-corrected chi connectivity index (χ0v) is 17.8. The number of H-pyrrole nitrogens is 1. The van der Waals surface area contributed by atoms with Crippen molar-refractivity contribution in [2.75, 3.05) is 20.2 Å². The van der Waals surface area contributed by atoms with Crippen molar-refractivity contribution in [3.63, 3.8) is 0 Å². The normalized spacial score (nSPS) is 20.8. The van der Waals surface area contributed by atoms with Crippen LogP contribution in [0.25, 0.3) is 0 Å². The van der Waals surface area contributed by atoms with Gasteiger partial charge in [0.25, 0.3) is 5.91 Å². The number of ether oxygens (including phenoxy) is 1. The van der Waals surface area contributed by atoms with E-state index in [-0.39, 0.29) is 23.8 Å². The molecule has 2 aliphatic rings. The molecule has 0 bridgehead atoms. The smallest absolute Gasteiger partial charge is 0.339 e. The van der Waals surface area contributed by atoms with Crippen LogP contribution in [0.15, 0.2) is 0 Å². The van der Waals surface area contributed by atoms with E-state index in [1.54, 1.807) is 18.7 Å². The summed E-state index contributed by atoms with van der Waals surface area (Å²) in [5.74, 6) is -0.709. The third kappa shape index (κ3) is 4.82. The van der Waals surface area contributed by atoms with E-state index in [0.29, 0.717) is 35.6 Å². The largest absolute Gasteiger partial charge is 0.465 e. The van der Waals surface area contributed by atoms with E-state index in [0.717, 1.165) is 25.7 Å². The van der Waals surface area contributed by atoms with E-state index in [4.69, 9.17) is 4.74 Å². The molecular formula is C22H33N3O4. The van der Waals surface area contributed by atoms with E-state index >= 15 is 0 Å². The van der Waals surface area contributed by atoms with Crippen LogP contribution in [0.3, 0.4) is 0 Å². The van der Waals surface area contributed by atoms with Crippen LogP contribution in [0.4, 0.5) is 0 Å². The second-order valence-electron chi connectivity index (χ2n) is 8.40. The lowest BCUT2D eigenvalue weighted by Gasteiger charge is -2.33. The number of hydrogen-bond donors (Lipinski definition) is 2. The molecule has 1 saturated carbocycles. The average molecular weight is 404 g/mol. The maximum Gasteiger partial charge on any atom is 0.339 e. The SMILES string of the molecule is COC(=O)c1c(C)[nH]c(C(=O)N2CCCC(C(=O)NC3CCCCCC3)C2)c1C. The molecule has 7 heteroatoms. The highest BCUT2D eigenvalue weighted by Crippen LogP contribution is 2.24. The van der Waals surface area contributed by atoms with Crippen molar-refractivity contribution in [2.24, 2.45) is 5.92 Å². The molecule has 0 spiro atoms. The Morgan fingerprint density at radius 3 is 2.38 bits per heavy atom. The second-order valence-corrected chi connectivity index (χ2v) is 8.40. The molecule has 0 aromatic carbocycles. The number of nitrogens with zero attached hydrogens (tertiary/aromatic N) is 1. The van der Waals surface area contributed by atoms with Gasteiger partial charge in [-0.1, -0.05) is 25.7 Å². The maximum atomic E-state index is 13.1. The summed E-state index contributed by atoms with van der Waals surface area (Å²) in [5.41, 5.74) is 2.05. The van der Waals surface area contributed by atoms with Crippen LogP contribution in [-0.4, -0.2) is 53.9 Å². The van der Waals surface area contributed by atoms with Crippen molar-refractivity contribution in [3.05, 3.63) is 22.5 Å². The van der Waals surface area contributed by atoms with Crippen LogP contribution in [0.5, 0.6) is 0 Å². The molecule has 1 unspecified atom stereocenters. The van der Waals surface area contributed by atoms with Gasteiger partial charge in [-0.05, 0) is 45.1 Å². The van der Waals surface area contributed by atoms with Gasteiger partial charge in [-0.3, -0.25) is 9.59 Å². The van der Waals surface area contributed by atoms with Crippen molar-refractivity contribution >= 4 is 17.8 Å². The summed E-state index contributed by atoms with van der Waals surface area (Å²) in [6.45, 7) is 4.55. The molecule has 29 heavy (non-hydrogen) atoms. The summed E-state index contributed by atoms with van der Waals surface area (Å²) < 4.78 is 4.83. The number of aromatic nitrogens is 1. The van der Waals surface area contributed by atoms with Gasteiger partial charge in [-0.2, -0.15) is 0 Å². The quantitative estimate of drug-likeness (QED) is 0.597. The number of nitrogens with one attached hydrogen (secondary N) is 2. The lowest BCUT2D eigenvalue weighted by Crippen LogP contribution is -2.47. The zero-order valence-electron chi connectivity index (χ0n) is 17.8. The van der Waals surface area contributed by atoms with Crippen LogP contribution in [-0.2, 0) is 9.53 Å². The molecule has 1 aliphatic carbocycles. The highest BCUT2D eigenvalue weighted by atomic mass is 16.5. The highest BCUT2D eigenvalue weighted by molar-refractivity contribution is 6.00. The molecule has 1 atom stereocenters. The summed E-state index contributed by atoms with van der Waals surface area (Å²) in [5, 5.41) is 3.23. The fraction of sp³-hybridized carbons (Fsp3) is 0.682. The number of amides is 2. The average Bonchev–Trinajstić information content (AvgIpc) is 2.89. The Morgan fingerprint density at radius 1 is 1.03 bits per heavy atom. The van der Waals surface area contributed by atoms with Gasteiger partial charge in [0.05, 0.1) is 18.6 Å². The van der Waals surface area contributed by atoms with Gasteiger partial charge in [-0.25, -0.2) is 4.79 Å². The van der Waals surface area contributed by atoms with Crippen LogP contribution in [0.1, 0.15) is 83.5 Å². The Hall–Kier alpha value is -2.31. The van der Waals surface area contributed by atoms with Crippen LogP contribution in [0, 0.1) is 19.8 Å². The van der Waals surface area contributed by atoms with Crippen LogP contribution < -0.4 is 5.32 Å². The number of piperidine rings is 1. The van der Waals surface area contributed by atoms with Crippen LogP contribution in [0.2, 0.25) is 0 Å². The summed E-state index contributed by atoms with van der Waals surface area (Å²) in [6, 6.07) is 0.270. The molecule has 1 aromatic rings. The Bertz CT molecular complexity index is 762. The molecule has 2 N–H and O–H groups in total. The lowest BCUT2D eigenvalue weighted by molar-refractivity contribution is -0.127. The minimum absolute atomic E-state index is 0.0732. The number of aryl methyl sites for hydroxylation is 1. The molecule has 2 fully saturated rings. The third-order valence-electron chi connectivity index (χ3n) is 6.32. The van der Waals surface area contributed by atoms with Gasteiger partial charge in [0.2, 0.25) is 5.91 Å². The second kappa shape index (κ2) is 9.46. The molecule has 160 valence electrons. The molecule has 1 aromatic heterocycles. The summed E-state index contributed by atoms with van der Waals surface area (Å²) in [7, 11) is 1.33. The van der Waals surface area contributed by atoms with Gasteiger partial charge >= 0.3 is 5.97 Å². The van der Waals surface area contributed by atoms with E-state index in [1.165, 1.54) is 32.8 Å². The first-order valence-corrected chi connectivity index (χ1v) is 10.8. The molecule has 0 radical (unpaired) electrons. The van der Waals surface area contributed by atoms with Crippen LogP contribution >= 0.6 is 0 Å². The number of rotatable bonds is 4. The molecular weight excluding hydrogens is 370 g/mol. The lowest BCUT2D eigenvalue weighted by atomic mass is 9.95. The summed E-state index contributed by atoms with van der Waals surface area (Å²) in [6.07, 6.45) is 8.57. The Balaban J connectivity index is 1.66. The van der Waals surface area contributed by atoms with E-state index in [9.17, 15) is 14.4 Å². The van der Waals surface area contributed by atoms with Gasteiger partial charge in [-0.15, -0.1) is 0 Å². The van der Waals surface area contributed by atoms with E-state index < -0.39 is 5.97 Å². The predicted octanol–water partition coefficient (Wildman–Crippen LogP) is 3.11. The number of esters is 1. The third-order valence-corrected chi connectivity index (χ3v) is 6.32. The van der Waals surface area contributed by atoms with Crippen molar-refractivity contribution in [2.45, 2.75) is 71.3 Å². The Kier molecular flexibility index (Phi) is 6.98. The first kappa shape index (κ1) is 21.4. The first-order chi connectivity index (χ1) is 13.9. The zero-order chi connectivity index (χ0) is 21.0. The number of likely N-dealkylation sites (tertiary alicyclic amines) is 1. The van der Waals surface area contributed by atoms with Gasteiger partial charge in [0, 0.05) is 24.8 Å². The highest BCUT2D eigenvalue weighted by Gasteiger charge is 2.32. The van der Waals surface area contributed by atoms with Crippen molar-refractivity contribution in [1.29, 1.82) is 0 Å². The number of aromatic amines is 1. The minimum Gasteiger partial charge on any atom is -0.465 e. The number of hydrogen-bond acceptors (Lipinski definition) is 4. The molecule has 1 saturated heterocycles. The standard InChI is InChI=1S/C22H33N3O4/c1-14-18(22(28)29-3)15(2)23-19(14)21(27)25-12-8-9-16(13-25)20(26)24-17-10-6-4-5-7-11-17/h16-17,23H,4-13H2,1-3H3,(H,24,26). The number of carbonyl (C=O) groups excluding carboxylic acids is 3. The van der Waals surface area contributed by atoms with Gasteiger partial charge in [0.15, 0.2) is 0 Å². The maximum absolute atomic E-state index is 13.1.